The molecule has 36 heavy (non-hydrogen) atoms. The number of aryl methyl sites for hydroxylation is 2. The largest absolute Gasteiger partial charge is 0.435 e. The van der Waals surface area contributed by atoms with Gasteiger partial charge in [-0.15, -0.1) is 0 Å². The van der Waals surface area contributed by atoms with E-state index >= 15 is 0 Å². The summed E-state index contributed by atoms with van der Waals surface area (Å²) >= 11 is 9.23. The van der Waals surface area contributed by atoms with Crippen LogP contribution in [0.15, 0.2) is 39.8 Å². The molecule has 4 nitrogen and oxygen atoms in total. The quantitative estimate of drug-likeness (QED) is 0.227. The summed E-state index contributed by atoms with van der Waals surface area (Å²) in [6.07, 6.45) is -12.6. The molecule has 2 aromatic carbocycles. The smallest absolute Gasteiger partial charge is 0.321 e. The summed E-state index contributed by atoms with van der Waals surface area (Å²) in [7, 11) is 2.39. The number of nitrogens with one attached hydrogen (secondary N) is 1. The summed E-state index contributed by atoms with van der Waals surface area (Å²) in [6.45, 7) is 2.64. The van der Waals surface area contributed by atoms with Crippen molar-refractivity contribution in [3.63, 3.8) is 0 Å². The molecule has 0 spiro atoms. The number of benzene rings is 2. The van der Waals surface area contributed by atoms with Gasteiger partial charge in [-0.05, 0) is 75.0 Å². The molecule has 0 atom stereocenters. The second kappa shape index (κ2) is 10.4. The average molecular weight is 637 g/mol. The van der Waals surface area contributed by atoms with E-state index < -0.39 is 29.5 Å². The molecule has 0 unspecified atom stereocenters. The van der Waals surface area contributed by atoms with Gasteiger partial charge in [0.15, 0.2) is 9.82 Å². The van der Waals surface area contributed by atoms with E-state index in [1.54, 1.807) is 0 Å². The van der Waals surface area contributed by atoms with Gasteiger partial charge in [-0.1, -0.05) is 24.6 Å². The third kappa shape index (κ3) is 5.46. The van der Waals surface area contributed by atoms with Crippen LogP contribution in [0.3, 0.4) is 0 Å². The monoisotopic (exact) mass is 635 g/mol. The summed E-state index contributed by atoms with van der Waals surface area (Å²) in [5, 5.41) is 2.72. The van der Waals surface area contributed by atoms with E-state index in [9.17, 15) is 35.5 Å². The molecule has 0 saturated heterocycles. The van der Waals surface area contributed by atoms with Crippen molar-refractivity contribution < 1.29 is 35.5 Å². The molecule has 0 radical (unpaired) electrons. The zero-order valence-electron chi connectivity index (χ0n) is 18.1. The van der Waals surface area contributed by atoms with E-state index in [1.165, 1.54) is 42.4 Å². The molecule has 1 heterocycles. The highest BCUT2D eigenvalue weighted by Crippen LogP contribution is 2.54. The first-order valence-electron chi connectivity index (χ1n) is 9.83. The van der Waals surface area contributed by atoms with E-state index in [0.29, 0.717) is 27.0 Å². The molecule has 1 amide bonds. The fraction of sp³-hybridized carbons (Fsp3) is 0.286. The van der Waals surface area contributed by atoms with Crippen molar-refractivity contribution in [3.8, 4) is 0 Å². The maximum Gasteiger partial charge on any atom is 0.435 e. The molecule has 0 aliphatic rings. The van der Waals surface area contributed by atoms with E-state index in [2.05, 4.69) is 30.6 Å². The van der Waals surface area contributed by atoms with Crippen molar-refractivity contribution in [2.24, 2.45) is 4.99 Å². The van der Waals surface area contributed by atoms with Crippen LogP contribution in [0.2, 0.25) is 5.15 Å². The van der Waals surface area contributed by atoms with Crippen molar-refractivity contribution in [3.05, 3.63) is 66.9 Å². The predicted octanol–water partition coefficient (Wildman–Crippen LogP) is 8.27. The second-order valence-corrected chi connectivity index (χ2v) is 10.5. The number of rotatable bonds is 5. The van der Waals surface area contributed by atoms with Gasteiger partial charge in [-0.25, -0.2) is 9.38 Å². The van der Waals surface area contributed by atoms with Crippen LogP contribution in [0.1, 0.15) is 34.0 Å². The molecule has 0 aliphatic heterocycles. The topological polar surface area (TPSA) is 54.4 Å². The number of halogens is 9. The molecule has 3 rings (SSSR count). The number of carbonyl (C=O) groups excluding carboxylic acids is 1. The van der Waals surface area contributed by atoms with Gasteiger partial charge in [-0.2, -0.15) is 30.7 Å². The van der Waals surface area contributed by atoms with Crippen LogP contribution in [-0.4, -0.2) is 22.6 Å². The lowest BCUT2D eigenvalue weighted by atomic mass is 9.89. The number of anilines is 1. The summed E-state index contributed by atoms with van der Waals surface area (Å²) in [4.78, 5) is 17.2. The number of amides is 1. The minimum Gasteiger partial charge on any atom is -0.321 e. The Kier molecular flexibility index (Phi) is 8.23. The van der Waals surface area contributed by atoms with Crippen molar-refractivity contribution >= 4 is 65.7 Å². The molecule has 0 aliphatic carbocycles. The van der Waals surface area contributed by atoms with E-state index in [1.807, 2.05) is 0 Å². The number of hydrogen-bond acceptors (Lipinski definition) is 5. The van der Waals surface area contributed by atoms with Gasteiger partial charge in [0.2, 0.25) is 0 Å². The van der Waals surface area contributed by atoms with Crippen LogP contribution in [-0.2, 0) is 12.1 Å². The van der Waals surface area contributed by atoms with Crippen LogP contribution in [0, 0.1) is 6.92 Å². The van der Waals surface area contributed by atoms with Gasteiger partial charge in [0.1, 0.15) is 0 Å². The van der Waals surface area contributed by atoms with Gasteiger partial charge in [0, 0.05) is 31.8 Å². The first-order valence-corrected chi connectivity index (χ1v) is 13.1. The zero-order valence-corrected chi connectivity index (χ0v) is 22.1. The molecule has 15 heteroatoms. The summed E-state index contributed by atoms with van der Waals surface area (Å²) in [6, 6.07) is 5.28. The highest BCUT2D eigenvalue weighted by Gasteiger charge is 2.73. The minimum absolute atomic E-state index is 0.0132. The molecule has 3 aromatic rings. The summed E-state index contributed by atoms with van der Waals surface area (Å²) in [5.41, 5.74) is -6.88. The molecule has 1 aromatic heterocycles. The van der Waals surface area contributed by atoms with Crippen LogP contribution in [0.5, 0.6) is 0 Å². The van der Waals surface area contributed by atoms with Gasteiger partial charge in [0.25, 0.3) is 5.91 Å². The van der Waals surface area contributed by atoms with Gasteiger partial charge >= 0.3 is 18.0 Å². The lowest BCUT2D eigenvalue weighted by Gasteiger charge is -2.31. The van der Waals surface area contributed by atoms with Crippen LogP contribution in [0.25, 0.3) is 0 Å². The Morgan fingerprint density at radius 2 is 1.75 bits per heavy atom. The normalized spacial score (nSPS) is 13.2. The summed E-state index contributed by atoms with van der Waals surface area (Å²) < 4.78 is 98.6. The Balaban J connectivity index is 1.98. The molecule has 1 N–H and O–H groups in total. The molecule has 0 fully saturated rings. The number of alkyl halides is 7. The maximum absolute atomic E-state index is 14.6. The van der Waals surface area contributed by atoms with Crippen molar-refractivity contribution in [2.75, 3.05) is 5.32 Å². The highest BCUT2D eigenvalue weighted by atomic mass is 79.9. The molecular weight excluding hydrogens is 623 g/mol. The third-order valence-corrected chi connectivity index (χ3v) is 7.86. The minimum atomic E-state index is -6.24. The van der Waals surface area contributed by atoms with Gasteiger partial charge < -0.3 is 5.32 Å². The fourth-order valence-electron chi connectivity index (χ4n) is 3.26. The number of carbonyl (C=O) groups is 1. The molecular formula is C21H14BrClF7N3OS2. The average Bonchev–Trinajstić information content (AvgIpc) is 3.18. The third-order valence-electron chi connectivity index (χ3n) is 5.06. The standard InChI is InChI=1S/C21H14BrClF7N3OS2/c1-3-10-7-12(19(24,20(25,26)27)21(28,29)30)6-9(2)15(10)32-17(34)11-4-5-14(13(22)8-11)31-18-16(23)33-36-35-18/h4-8H,3H2,1-2H3,(H,32,34)/b31-18+. The van der Waals surface area contributed by atoms with Crippen LogP contribution >= 0.6 is 48.4 Å². The number of nitrogens with zero attached hydrogens (tertiary/aromatic N) is 2. The Hall–Kier alpha value is -2.03. The van der Waals surface area contributed by atoms with Crippen molar-refractivity contribution in [2.45, 2.75) is 38.3 Å². The SMILES string of the molecule is CCc1cc(C(F)(C(F)(F)F)C(F)(F)F)cc(C)c1NC(=O)c1ccc(/N=c2/ssnc2Cl)c(Br)c1. The Labute approximate surface area is 220 Å². The summed E-state index contributed by atoms with van der Waals surface area (Å²) in [5.74, 6) is -0.691. The second-order valence-electron chi connectivity index (χ2n) is 7.41. The van der Waals surface area contributed by atoms with Gasteiger partial charge in [-0.3, -0.25) is 4.79 Å². The van der Waals surface area contributed by atoms with Crippen LogP contribution in [0.4, 0.5) is 42.1 Å². The van der Waals surface area contributed by atoms with Crippen LogP contribution < -0.4 is 9.99 Å². The van der Waals surface area contributed by atoms with E-state index in [-0.39, 0.29) is 34.0 Å². The maximum atomic E-state index is 14.6. The lowest BCUT2D eigenvalue weighted by molar-refractivity contribution is -0.348. The molecule has 0 bridgehead atoms. The highest BCUT2D eigenvalue weighted by molar-refractivity contribution is 9.10. The fourth-order valence-corrected chi connectivity index (χ4v) is 5.72. The zero-order chi connectivity index (χ0) is 27.1. The predicted molar refractivity (Wildman–Crippen MR) is 128 cm³/mol. The first-order chi connectivity index (χ1) is 16.6. The molecule has 194 valence electrons. The van der Waals surface area contributed by atoms with Crippen molar-refractivity contribution in [1.29, 1.82) is 0 Å². The van der Waals surface area contributed by atoms with Crippen molar-refractivity contribution in [1.82, 2.24) is 4.37 Å². The van der Waals surface area contributed by atoms with E-state index in [0.717, 1.165) is 10.5 Å². The lowest BCUT2D eigenvalue weighted by Crippen LogP contribution is -2.50. The first kappa shape index (κ1) is 28.5. The number of aromatic nitrogens is 1. The Bertz CT molecular complexity index is 1350. The Morgan fingerprint density at radius 3 is 2.25 bits per heavy atom. The molecule has 0 saturated carbocycles. The van der Waals surface area contributed by atoms with E-state index in [4.69, 9.17) is 11.6 Å². The Morgan fingerprint density at radius 1 is 1.11 bits per heavy atom. The van der Waals surface area contributed by atoms with Gasteiger partial charge in [0.05, 0.1) is 5.69 Å². The number of hydrogen-bond donors (Lipinski definition) is 1.